The summed E-state index contributed by atoms with van der Waals surface area (Å²) < 4.78 is 21.8. The van der Waals surface area contributed by atoms with Crippen molar-refractivity contribution in [1.82, 2.24) is 0 Å². The van der Waals surface area contributed by atoms with Gasteiger partial charge in [-0.25, -0.2) is 0 Å². The fraction of sp³-hybridized carbons (Fsp3) is 0.867. The Labute approximate surface area is 142 Å². The van der Waals surface area contributed by atoms with Gasteiger partial charge in [0.05, 0.1) is 18.8 Å². The molecule has 0 aromatic heterocycles. The zero-order valence-electron chi connectivity index (χ0n) is 13.4. The molecule has 25 heavy (non-hydrogen) atoms. The van der Waals surface area contributed by atoms with E-state index in [4.69, 9.17) is 18.9 Å². The quantitative estimate of drug-likeness (QED) is 0.278. The molecule has 4 rings (SSSR count). The van der Waals surface area contributed by atoms with E-state index in [-0.39, 0.29) is 0 Å². The molecule has 6 N–H and O–H groups in total. The van der Waals surface area contributed by atoms with E-state index in [0.29, 0.717) is 0 Å². The van der Waals surface area contributed by atoms with E-state index >= 15 is 0 Å². The minimum atomic E-state index is -1.63. The van der Waals surface area contributed by atoms with Crippen molar-refractivity contribution < 1.29 is 49.6 Å². The standard InChI is InChI=1S/C15H22O10/c1-14-9-13(22-3-2-15(9,21)10(20)11(14)25-14)24-12-8(19)7(18)6(17)5(4-16)23-12/h2-3,5-13,16-21H,4H2,1H3/t5-,6-,7+,8-,9?,10+,11-,12+,13-,14+,15+/m1/s1. The molecule has 142 valence electrons. The lowest BCUT2D eigenvalue weighted by Crippen LogP contribution is -2.61. The van der Waals surface area contributed by atoms with Crippen molar-refractivity contribution in [3.8, 4) is 0 Å². The summed E-state index contributed by atoms with van der Waals surface area (Å²) in [7, 11) is 0. The molecule has 2 saturated heterocycles. The first-order chi connectivity index (χ1) is 11.7. The van der Waals surface area contributed by atoms with Crippen LogP contribution in [0, 0.1) is 5.92 Å². The molecule has 3 heterocycles. The van der Waals surface area contributed by atoms with Gasteiger partial charge in [-0.15, -0.1) is 0 Å². The van der Waals surface area contributed by atoms with Gasteiger partial charge in [-0.3, -0.25) is 0 Å². The van der Waals surface area contributed by atoms with Crippen molar-refractivity contribution in [1.29, 1.82) is 0 Å². The number of aliphatic hydroxyl groups is 6. The van der Waals surface area contributed by atoms with E-state index in [1.807, 2.05) is 0 Å². The molecule has 10 nitrogen and oxygen atoms in total. The highest BCUT2D eigenvalue weighted by Crippen LogP contribution is 2.61. The van der Waals surface area contributed by atoms with Gasteiger partial charge in [0.25, 0.3) is 0 Å². The molecule has 0 bridgehead atoms. The van der Waals surface area contributed by atoms with Crippen molar-refractivity contribution in [2.24, 2.45) is 5.92 Å². The largest absolute Gasteiger partial charge is 0.472 e. The first kappa shape index (κ1) is 17.6. The number of rotatable bonds is 3. The first-order valence-electron chi connectivity index (χ1n) is 8.11. The van der Waals surface area contributed by atoms with Crippen LogP contribution in [0.2, 0.25) is 0 Å². The third kappa shape index (κ3) is 2.30. The van der Waals surface area contributed by atoms with E-state index in [2.05, 4.69) is 0 Å². The van der Waals surface area contributed by atoms with E-state index in [1.54, 1.807) is 6.92 Å². The maximum absolute atomic E-state index is 10.8. The molecule has 3 fully saturated rings. The Morgan fingerprint density at radius 2 is 1.80 bits per heavy atom. The Morgan fingerprint density at radius 1 is 1.08 bits per heavy atom. The first-order valence-corrected chi connectivity index (χ1v) is 8.11. The van der Waals surface area contributed by atoms with Crippen LogP contribution in [0.25, 0.3) is 0 Å². The van der Waals surface area contributed by atoms with Crippen molar-refractivity contribution >= 4 is 0 Å². The molecule has 4 aliphatic rings. The Balaban J connectivity index is 1.56. The van der Waals surface area contributed by atoms with Gasteiger partial charge in [0, 0.05) is 0 Å². The smallest absolute Gasteiger partial charge is 0.210 e. The second-order valence-electron chi connectivity index (χ2n) is 7.17. The van der Waals surface area contributed by atoms with Gasteiger partial charge in [-0.1, -0.05) is 0 Å². The Morgan fingerprint density at radius 3 is 2.48 bits per heavy atom. The van der Waals surface area contributed by atoms with Crippen LogP contribution in [-0.2, 0) is 18.9 Å². The number of epoxide rings is 1. The van der Waals surface area contributed by atoms with Crippen molar-refractivity contribution in [2.75, 3.05) is 6.61 Å². The number of hydrogen-bond acceptors (Lipinski definition) is 10. The number of ether oxygens (including phenoxy) is 4. The van der Waals surface area contributed by atoms with E-state index < -0.39 is 72.9 Å². The van der Waals surface area contributed by atoms with Crippen LogP contribution < -0.4 is 0 Å². The van der Waals surface area contributed by atoms with Gasteiger partial charge in [0.15, 0.2) is 6.29 Å². The fourth-order valence-electron chi connectivity index (χ4n) is 4.17. The van der Waals surface area contributed by atoms with Crippen LogP contribution in [0.3, 0.4) is 0 Å². The summed E-state index contributed by atoms with van der Waals surface area (Å²) in [5, 5.41) is 60.0. The van der Waals surface area contributed by atoms with Gasteiger partial charge in [0.1, 0.15) is 47.8 Å². The zero-order chi connectivity index (χ0) is 18.1. The average molecular weight is 362 g/mol. The molecular formula is C15H22O10. The lowest BCUT2D eigenvalue weighted by molar-refractivity contribution is -0.349. The number of aliphatic hydroxyl groups excluding tert-OH is 5. The molecule has 0 radical (unpaired) electrons. The van der Waals surface area contributed by atoms with E-state index in [0.717, 1.165) is 0 Å². The summed E-state index contributed by atoms with van der Waals surface area (Å²) in [5.74, 6) is -0.808. The van der Waals surface area contributed by atoms with Crippen molar-refractivity contribution in [2.45, 2.75) is 67.3 Å². The predicted molar refractivity (Wildman–Crippen MR) is 76.6 cm³/mol. The van der Waals surface area contributed by atoms with Crippen LogP contribution in [0.1, 0.15) is 6.92 Å². The van der Waals surface area contributed by atoms with Crippen LogP contribution in [0.15, 0.2) is 12.3 Å². The lowest BCUT2D eigenvalue weighted by atomic mass is 9.82. The summed E-state index contributed by atoms with van der Waals surface area (Å²) in [6.45, 7) is 1.11. The zero-order valence-corrected chi connectivity index (χ0v) is 13.4. The second-order valence-corrected chi connectivity index (χ2v) is 7.17. The predicted octanol–water partition coefficient (Wildman–Crippen LogP) is -3.45. The summed E-state index contributed by atoms with van der Waals surface area (Å²) in [5.41, 5.74) is -2.51. The molecular weight excluding hydrogens is 340 g/mol. The van der Waals surface area contributed by atoms with Crippen LogP contribution >= 0.6 is 0 Å². The molecule has 1 unspecified atom stereocenters. The summed E-state index contributed by atoms with van der Waals surface area (Å²) in [6, 6.07) is 0. The molecule has 1 saturated carbocycles. The summed E-state index contributed by atoms with van der Waals surface area (Å²) in [6.07, 6.45) is -7.63. The molecule has 10 heteroatoms. The minimum Gasteiger partial charge on any atom is -0.472 e. The Hall–Kier alpha value is -0.820. The van der Waals surface area contributed by atoms with Gasteiger partial charge in [-0.2, -0.15) is 0 Å². The van der Waals surface area contributed by atoms with E-state index in [9.17, 15) is 30.6 Å². The maximum Gasteiger partial charge on any atom is 0.210 e. The highest BCUT2D eigenvalue weighted by atomic mass is 16.8. The lowest BCUT2D eigenvalue weighted by Gasteiger charge is -2.45. The number of fused-ring (bicyclic) bond motifs is 3. The molecule has 0 amide bonds. The normalized spacial score (nSPS) is 59.9. The maximum atomic E-state index is 10.8. The van der Waals surface area contributed by atoms with Gasteiger partial charge in [0.2, 0.25) is 6.29 Å². The number of hydrogen-bond donors (Lipinski definition) is 6. The van der Waals surface area contributed by atoms with Gasteiger partial charge < -0.3 is 49.6 Å². The van der Waals surface area contributed by atoms with E-state index in [1.165, 1.54) is 12.3 Å². The fourth-order valence-corrected chi connectivity index (χ4v) is 4.17. The van der Waals surface area contributed by atoms with Crippen molar-refractivity contribution in [3.63, 3.8) is 0 Å². The molecule has 1 aliphatic carbocycles. The SMILES string of the molecule is C[C@@]12O[C@@H]1[C@H](O)[C@]1(O)C=CO[C@H](O[C@@H]3O[C@H](CO)[C@@H](O)[C@H](O)[C@H]3O)C21. The average Bonchev–Trinajstić information content (AvgIpc) is 3.22. The van der Waals surface area contributed by atoms with Gasteiger partial charge >= 0.3 is 0 Å². The van der Waals surface area contributed by atoms with Crippen LogP contribution in [0.4, 0.5) is 0 Å². The molecule has 3 aliphatic heterocycles. The minimum absolute atomic E-state index is 0.574. The molecule has 0 aromatic carbocycles. The molecule has 11 atom stereocenters. The van der Waals surface area contributed by atoms with Crippen LogP contribution in [-0.4, -0.2) is 97.7 Å². The second kappa shape index (κ2) is 5.59. The third-order valence-corrected chi connectivity index (χ3v) is 5.70. The third-order valence-electron chi connectivity index (χ3n) is 5.70. The van der Waals surface area contributed by atoms with Gasteiger partial charge in [-0.05, 0) is 13.0 Å². The molecule has 0 spiro atoms. The summed E-state index contributed by atoms with van der Waals surface area (Å²) in [4.78, 5) is 0. The highest BCUT2D eigenvalue weighted by Gasteiger charge is 2.79. The van der Waals surface area contributed by atoms with Crippen LogP contribution in [0.5, 0.6) is 0 Å². The monoisotopic (exact) mass is 362 g/mol. The van der Waals surface area contributed by atoms with Crippen molar-refractivity contribution in [3.05, 3.63) is 12.3 Å². The highest BCUT2D eigenvalue weighted by molar-refractivity contribution is 5.31. The Kier molecular flexibility index (Phi) is 3.93. The topological polar surface area (TPSA) is 162 Å². The summed E-state index contributed by atoms with van der Waals surface area (Å²) >= 11 is 0. The molecule has 0 aromatic rings. The Bertz CT molecular complexity index is 569.